The van der Waals surface area contributed by atoms with Crippen LogP contribution in [0.3, 0.4) is 0 Å². The molecule has 0 saturated carbocycles. The van der Waals surface area contributed by atoms with Crippen molar-refractivity contribution in [3.8, 4) is 5.75 Å². The number of halogens is 1. The third kappa shape index (κ3) is 6.76. The van der Waals surface area contributed by atoms with E-state index in [-0.39, 0.29) is 40.1 Å². The van der Waals surface area contributed by atoms with Crippen molar-refractivity contribution in [2.45, 2.75) is 38.6 Å². The minimum absolute atomic E-state index is 0.0149. The molecule has 0 atom stereocenters. The zero-order valence-electron chi connectivity index (χ0n) is 13.7. The van der Waals surface area contributed by atoms with Gasteiger partial charge in [0.05, 0.1) is 9.92 Å². The van der Waals surface area contributed by atoms with Gasteiger partial charge in [0.2, 0.25) is 10.0 Å². The van der Waals surface area contributed by atoms with Crippen LogP contribution in [0, 0.1) is 5.92 Å². The fourth-order valence-electron chi connectivity index (χ4n) is 1.63. The van der Waals surface area contributed by atoms with Crippen molar-refractivity contribution in [1.82, 2.24) is 10.0 Å². The number of amides is 1. The van der Waals surface area contributed by atoms with Crippen LogP contribution in [0.4, 0.5) is 0 Å². The maximum atomic E-state index is 12.1. The molecule has 0 aromatic heterocycles. The van der Waals surface area contributed by atoms with Crippen molar-refractivity contribution in [3.63, 3.8) is 0 Å². The van der Waals surface area contributed by atoms with Crippen molar-refractivity contribution in [3.05, 3.63) is 23.2 Å². The van der Waals surface area contributed by atoms with Gasteiger partial charge in [0.15, 0.2) is 6.61 Å². The molecule has 0 saturated heterocycles. The van der Waals surface area contributed by atoms with Gasteiger partial charge >= 0.3 is 0 Å². The summed E-state index contributed by atoms with van der Waals surface area (Å²) in [6, 6.07) is 4.15. The zero-order valence-corrected chi connectivity index (χ0v) is 15.3. The van der Waals surface area contributed by atoms with Gasteiger partial charge in [-0.2, -0.15) is 0 Å². The third-order valence-electron chi connectivity index (χ3n) is 2.70. The highest BCUT2D eigenvalue weighted by molar-refractivity contribution is 7.89. The summed E-state index contributed by atoms with van der Waals surface area (Å²) in [6.07, 6.45) is 0. The molecule has 0 unspecified atom stereocenters. The summed E-state index contributed by atoms with van der Waals surface area (Å²) < 4.78 is 32.0. The van der Waals surface area contributed by atoms with E-state index in [0.29, 0.717) is 6.54 Å². The summed E-state index contributed by atoms with van der Waals surface area (Å²) in [5, 5.41) is 2.82. The Balaban J connectivity index is 2.76. The molecule has 0 heterocycles. The van der Waals surface area contributed by atoms with E-state index in [1.165, 1.54) is 18.2 Å². The van der Waals surface area contributed by atoms with Gasteiger partial charge in [0.1, 0.15) is 5.75 Å². The highest BCUT2D eigenvalue weighted by Gasteiger charge is 2.16. The van der Waals surface area contributed by atoms with Gasteiger partial charge in [-0.05, 0) is 38.0 Å². The van der Waals surface area contributed by atoms with Gasteiger partial charge in [-0.1, -0.05) is 25.4 Å². The summed E-state index contributed by atoms with van der Waals surface area (Å²) in [6.45, 7) is 7.66. The second-order valence-corrected chi connectivity index (χ2v) is 8.02. The Labute approximate surface area is 142 Å². The third-order valence-corrected chi connectivity index (χ3v) is 4.42. The number of carbonyl (C=O) groups is 1. The Morgan fingerprint density at radius 3 is 2.43 bits per heavy atom. The molecule has 1 rings (SSSR count). The van der Waals surface area contributed by atoms with Gasteiger partial charge in [0, 0.05) is 12.6 Å². The van der Waals surface area contributed by atoms with E-state index >= 15 is 0 Å². The monoisotopic (exact) mass is 362 g/mol. The molecule has 0 aliphatic carbocycles. The van der Waals surface area contributed by atoms with E-state index in [4.69, 9.17) is 16.3 Å². The van der Waals surface area contributed by atoms with E-state index in [9.17, 15) is 13.2 Å². The topological polar surface area (TPSA) is 84.5 Å². The molecule has 1 amide bonds. The minimum Gasteiger partial charge on any atom is -0.482 e. The number of hydrogen-bond donors (Lipinski definition) is 2. The largest absolute Gasteiger partial charge is 0.482 e. The Kier molecular flexibility index (Phi) is 7.31. The number of carbonyl (C=O) groups excluding carboxylic acids is 1. The van der Waals surface area contributed by atoms with Crippen LogP contribution in [-0.2, 0) is 14.8 Å². The lowest BCUT2D eigenvalue weighted by molar-refractivity contribution is -0.123. The summed E-state index contributed by atoms with van der Waals surface area (Å²) in [5.41, 5.74) is 0. The molecule has 0 aliphatic rings. The minimum atomic E-state index is -3.61. The second-order valence-electron chi connectivity index (χ2n) is 5.85. The standard InChI is InChI=1S/C15H23ClN2O4S/c1-10(2)8-17-23(20,21)12-5-6-14(13(16)7-12)22-9-15(19)18-11(3)4/h5-7,10-11,17H,8-9H2,1-4H3,(H,18,19). The van der Waals surface area contributed by atoms with E-state index in [1.54, 1.807) is 0 Å². The maximum Gasteiger partial charge on any atom is 0.258 e. The molecule has 1 aromatic carbocycles. The van der Waals surface area contributed by atoms with Crippen molar-refractivity contribution in [1.29, 1.82) is 0 Å². The number of nitrogens with one attached hydrogen (secondary N) is 2. The Hall–Kier alpha value is -1.31. The van der Waals surface area contributed by atoms with E-state index in [2.05, 4.69) is 10.0 Å². The molecular weight excluding hydrogens is 340 g/mol. The van der Waals surface area contributed by atoms with Crippen LogP contribution in [0.1, 0.15) is 27.7 Å². The fraction of sp³-hybridized carbons (Fsp3) is 0.533. The summed E-state index contributed by atoms with van der Waals surface area (Å²) in [7, 11) is -3.61. The summed E-state index contributed by atoms with van der Waals surface area (Å²) >= 11 is 6.04. The van der Waals surface area contributed by atoms with Crippen molar-refractivity contribution < 1.29 is 17.9 Å². The Morgan fingerprint density at radius 1 is 1.26 bits per heavy atom. The molecule has 1 aromatic rings. The first kappa shape index (κ1) is 19.7. The van der Waals surface area contributed by atoms with E-state index in [0.717, 1.165) is 0 Å². The quantitative estimate of drug-likeness (QED) is 0.742. The molecule has 0 aliphatic heterocycles. The van der Waals surface area contributed by atoms with Crippen molar-refractivity contribution in [2.24, 2.45) is 5.92 Å². The summed E-state index contributed by atoms with van der Waals surface area (Å²) in [4.78, 5) is 11.6. The number of rotatable bonds is 8. The lowest BCUT2D eigenvalue weighted by Gasteiger charge is -2.12. The van der Waals surface area contributed by atoms with Crippen LogP contribution in [0.25, 0.3) is 0 Å². The zero-order chi connectivity index (χ0) is 17.6. The first-order valence-corrected chi connectivity index (χ1v) is 9.19. The predicted molar refractivity (Wildman–Crippen MR) is 90.3 cm³/mol. The predicted octanol–water partition coefficient (Wildman–Crippen LogP) is 2.18. The van der Waals surface area contributed by atoms with Crippen LogP contribution in [0.15, 0.2) is 23.1 Å². The van der Waals surface area contributed by atoms with Crippen molar-refractivity contribution in [2.75, 3.05) is 13.2 Å². The molecule has 0 fully saturated rings. The molecule has 0 radical (unpaired) electrons. The van der Waals surface area contributed by atoms with Crippen LogP contribution in [-0.4, -0.2) is 33.5 Å². The van der Waals surface area contributed by atoms with Gasteiger partial charge in [0.25, 0.3) is 5.91 Å². The Morgan fingerprint density at radius 2 is 1.91 bits per heavy atom. The average molecular weight is 363 g/mol. The van der Waals surface area contributed by atoms with Gasteiger partial charge in [-0.3, -0.25) is 4.79 Å². The SMILES string of the molecule is CC(C)CNS(=O)(=O)c1ccc(OCC(=O)NC(C)C)c(Cl)c1. The first-order chi connectivity index (χ1) is 10.6. The summed E-state index contributed by atoms with van der Waals surface area (Å²) in [5.74, 6) is 0.182. The second kappa shape index (κ2) is 8.52. The highest BCUT2D eigenvalue weighted by atomic mass is 35.5. The normalized spacial score (nSPS) is 11.8. The smallest absolute Gasteiger partial charge is 0.258 e. The van der Waals surface area contributed by atoms with Crippen molar-refractivity contribution >= 4 is 27.5 Å². The van der Waals surface area contributed by atoms with Gasteiger partial charge in [-0.15, -0.1) is 0 Å². The molecule has 2 N–H and O–H groups in total. The lowest BCUT2D eigenvalue weighted by atomic mass is 10.2. The molecule has 130 valence electrons. The molecule has 0 spiro atoms. The first-order valence-electron chi connectivity index (χ1n) is 7.33. The maximum absolute atomic E-state index is 12.1. The van der Waals surface area contributed by atoms with E-state index in [1.807, 2.05) is 27.7 Å². The molecule has 0 bridgehead atoms. The highest BCUT2D eigenvalue weighted by Crippen LogP contribution is 2.27. The van der Waals surface area contributed by atoms with Crippen LogP contribution >= 0.6 is 11.6 Å². The van der Waals surface area contributed by atoms with Crippen LogP contribution < -0.4 is 14.8 Å². The molecular formula is C15H23ClN2O4S. The number of sulfonamides is 1. The molecule has 23 heavy (non-hydrogen) atoms. The van der Waals surface area contributed by atoms with E-state index < -0.39 is 10.0 Å². The van der Waals surface area contributed by atoms with Crippen LogP contribution in [0.5, 0.6) is 5.75 Å². The average Bonchev–Trinajstić information content (AvgIpc) is 2.43. The van der Waals surface area contributed by atoms with Gasteiger partial charge in [-0.25, -0.2) is 13.1 Å². The molecule has 8 heteroatoms. The Bertz CT molecular complexity index is 645. The van der Waals surface area contributed by atoms with Crippen LogP contribution in [0.2, 0.25) is 5.02 Å². The number of hydrogen-bond acceptors (Lipinski definition) is 4. The number of benzene rings is 1. The lowest BCUT2D eigenvalue weighted by Crippen LogP contribution is -2.34. The number of ether oxygens (including phenoxy) is 1. The fourth-order valence-corrected chi connectivity index (χ4v) is 3.17. The molecule has 6 nitrogen and oxygen atoms in total. The van der Waals surface area contributed by atoms with Gasteiger partial charge < -0.3 is 10.1 Å².